The summed E-state index contributed by atoms with van der Waals surface area (Å²) in [5.41, 5.74) is 7.03. The van der Waals surface area contributed by atoms with Gasteiger partial charge in [-0.3, -0.25) is 14.3 Å². The lowest BCUT2D eigenvalue weighted by molar-refractivity contribution is -0.120. The van der Waals surface area contributed by atoms with Gasteiger partial charge in [0.1, 0.15) is 0 Å². The fraction of sp³-hybridized carbons (Fsp3) is 0.500. The molecule has 1 saturated heterocycles. The van der Waals surface area contributed by atoms with E-state index in [0.29, 0.717) is 24.2 Å². The third-order valence-electron chi connectivity index (χ3n) is 4.88. The molecule has 1 aliphatic carbocycles. The summed E-state index contributed by atoms with van der Waals surface area (Å²) < 4.78 is 33.0. The molecule has 1 aliphatic heterocycles. The van der Waals surface area contributed by atoms with Crippen LogP contribution in [0.25, 0.3) is 11.1 Å². The number of hydrogen-bond acceptors (Lipinski definition) is 4. The number of alkyl halides is 2. The van der Waals surface area contributed by atoms with Gasteiger partial charge in [0.05, 0.1) is 18.1 Å². The van der Waals surface area contributed by atoms with Gasteiger partial charge in [0.15, 0.2) is 5.58 Å². The molecule has 2 N–H and O–H groups in total. The standard InChI is InChI=1S/C16H17F2N3O3/c17-16(18)4-10(5-16)9-1-2-13-12(3-9)21(15(23)24-13)11-6-20(7-11)8-14(19)22/h1-3,10-11H,4-8H2,(H2,19,22). The molecular formula is C16H17F2N3O3. The first-order valence-corrected chi connectivity index (χ1v) is 7.86. The monoisotopic (exact) mass is 337 g/mol. The number of rotatable bonds is 4. The van der Waals surface area contributed by atoms with Crippen molar-refractivity contribution in [3.8, 4) is 0 Å². The van der Waals surface area contributed by atoms with Crippen LogP contribution in [-0.4, -0.2) is 40.9 Å². The van der Waals surface area contributed by atoms with Crippen molar-refractivity contribution in [2.75, 3.05) is 19.6 Å². The summed E-state index contributed by atoms with van der Waals surface area (Å²) in [5.74, 6) is -3.65. The Balaban J connectivity index is 1.60. The third-order valence-corrected chi connectivity index (χ3v) is 4.88. The van der Waals surface area contributed by atoms with Gasteiger partial charge in [-0.15, -0.1) is 0 Å². The van der Waals surface area contributed by atoms with E-state index in [0.717, 1.165) is 5.56 Å². The molecule has 2 heterocycles. The Labute approximate surface area is 135 Å². The number of amides is 1. The number of likely N-dealkylation sites (tertiary alicyclic amines) is 1. The number of oxazole rings is 1. The molecule has 2 aromatic rings. The largest absolute Gasteiger partial charge is 0.420 e. The molecule has 1 saturated carbocycles. The van der Waals surface area contributed by atoms with Crippen LogP contribution in [0.1, 0.15) is 30.4 Å². The first kappa shape index (κ1) is 15.3. The Hall–Kier alpha value is -2.22. The van der Waals surface area contributed by atoms with E-state index in [2.05, 4.69) is 0 Å². The average Bonchev–Trinajstić information content (AvgIpc) is 2.74. The second kappa shape index (κ2) is 5.14. The number of fused-ring (bicyclic) bond motifs is 1. The lowest BCUT2D eigenvalue weighted by Gasteiger charge is -2.38. The maximum atomic E-state index is 13.1. The van der Waals surface area contributed by atoms with Crippen molar-refractivity contribution >= 4 is 17.0 Å². The molecule has 4 rings (SSSR count). The number of hydrogen-bond donors (Lipinski definition) is 1. The molecule has 2 fully saturated rings. The maximum Gasteiger partial charge on any atom is 0.420 e. The van der Waals surface area contributed by atoms with Crippen molar-refractivity contribution in [1.29, 1.82) is 0 Å². The number of nitrogens with zero attached hydrogens (tertiary/aromatic N) is 2. The summed E-state index contributed by atoms with van der Waals surface area (Å²) >= 11 is 0. The van der Waals surface area contributed by atoms with Crippen LogP contribution in [0, 0.1) is 0 Å². The van der Waals surface area contributed by atoms with Crippen molar-refractivity contribution in [3.05, 3.63) is 34.3 Å². The topological polar surface area (TPSA) is 81.5 Å². The second-order valence-corrected chi connectivity index (χ2v) is 6.74. The molecule has 0 bridgehead atoms. The van der Waals surface area contributed by atoms with Crippen LogP contribution in [0.2, 0.25) is 0 Å². The molecule has 6 nitrogen and oxygen atoms in total. The van der Waals surface area contributed by atoms with Crippen molar-refractivity contribution in [1.82, 2.24) is 9.47 Å². The highest BCUT2D eigenvalue weighted by atomic mass is 19.3. The first-order valence-electron chi connectivity index (χ1n) is 7.86. The van der Waals surface area contributed by atoms with Crippen molar-refractivity contribution in [3.63, 3.8) is 0 Å². The van der Waals surface area contributed by atoms with Gasteiger partial charge in [-0.2, -0.15) is 0 Å². The SMILES string of the molecule is NC(=O)CN1CC(n2c(=O)oc3ccc(C4CC(F)(F)C4)cc32)C1. The molecule has 128 valence electrons. The Morgan fingerprint density at radius 1 is 1.33 bits per heavy atom. The molecular weight excluding hydrogens is 320 g/mol. The van der Waals surface area contributed by atoms with Gasteiger partial charge >= 0.3 is 5.76 Å². The summed E-state index contributed by atoms with van der Waals surface area (Å²) in [7, 11) is 0. The van der Waals surface area contributed by atoms with Crippen molar-refractivity contribution < 1.29 is 18.0 Å². The maximum absolute atomic E-state index is 13.1. The Morgan fingerprint density at radius 3 is 2.67 bits per heavy atom. The highest BCUT2D eigenvalue weighted by Crippen LogP contribution is 2.48. The fourth-order valence-electron chi connectivity index (χ4n) is 3.60. The van der Waals surface area contributed by atoms with Crippen molar-refractivity contribution in [2.45, 2.75) is 30.7 Å². The highest BCUT2D eigenvalue weighted by Gasteiger charge is 2.46. The van der Waals surface area contributed by atoms with Gasteiger partial charge in [-0.1, -0.05) is 6.07 Å². The molecule has 8 heteroatoms. The number of benzene rings is 1. The van der Waals surface area contributed by atoms with Gasteiger partial charge in [-0.25, -0.2) is 13.6 Å². The minimum Gasteiger partial charge on any atom is -0.408 e. The fourth-order valence-corrected chi connectivity index (χ4v) is 3.60. The number of halogens is 2. The Kier molecular flexibility index (Phi) is 3.28. The van der Waals surface area contributed by atoms with Gasteiger partial charge < -0.3 is 10.2 Å². The smallest absolute Gasteiger partial charge is 0.408 e. The van der Waals surface area contributed by atoms with E-state index in [1.54, 1.807) is 22.8 Å². The number of aromatic nitrogens is 1. The van der Waals surface area contributed by atoms with Gasteiger partial charge in [0, 0.05) is 25.9 Å². The number of primary amides is 1. The first-order chi connectivity index (χ1) is 11.3. The molecule has 1 amide bonds. The highest BCUT2D eigenvalue weighted by molar-refractivity contribution is 5.76. The quantitative estimate of drug-likeness (QED) is 0.915. The molecule has 1 aromatic heterocycles. The zero-order valence-electron chi connectivity index (χ0n) is 12.9. The van der Waals surface area contributed by atoms with Crippen LogP contribution in [-0.2, 0) is 4.79 Å². The van der Waals surface area contributed by atoms with Crippen LogP contribution >= 0.6 is 0 Å². The summed E-state index contributed by atoms with van der Waals surface area (Å²) in [6.07, 6.45) is -0.313. The summed E-state index contributed by atoms with van der Waals surface area (Å²) in [6.45, 7) is 1.22. The zero-order valence-corrected chi connectivity index (χ0v) is 12.9. The second-order valence-electron chi connectivity index (χ2n) is 6.74. The number of carbonyl (C=O) groups excluding carboxylic acids is 1. The molecule has 0 radical (unpaired) electrons. The normalized spacial score (nSPS) is 21.6. The lowest BCUT2D eigenvalue weighted by atomic mass is 9.77. The average molecular weight is 337 g/mol. The molecule has 1 aromatic carbocycles. The zero-order chi connectivity index (χ0) is 17.1. The van der Waals surface area contributed by atoms with Crippen LogP contribution in [0.3, 0.4) is 0 Å². The summed E-state index contributed by atoms with van der Waals surface area (Å²) in [6, 6.07) is 5.09. The van der Waals surface area contributed by atoms with E-state index in [9.17, 15) is 18.4 Å². The van der Waals surface area contributed by atoms with Gasteiger partial charge in [0.25, 0.3) is 0 Å². The van der Waals surface area contributed by atoms with Gasteiger partial charge in [0.2, 0.25) is 11.8 Å². The van der Waals surface area contributed by atoms with Crippen molar-refractivity contribution in [2.24, 2.45) is 5.73 Å². The minimum absolute atomic E-state index is 0.101. The van der Waals surface area contributed by atoms with Crippen LogP contribution in [0.5, 0.6) is 0 Å². The molecule has 0 unspecified atom stereocenters. The predicted molar refractivity (Wildman–Crippen MR) is 82.1 cm³/mol. The van der Waals surface area contributed by atoms with E-state index in [1.165, 1.54) is 0 Å². The van der Waals surface area contributed by atoms with Gasteiger partial charge in [-0.05, 0) is 23.6 Å². The predicted octanol–water partition coefficient (Wildman–Crippen LogP) is 1.45. The number of carbonyl (C=O) groups is 1. The Bertz CT molecular complexity index is 859. The summed E-state index contributed by atoms with van der Waals surface area (Å²) in [4.78, 5) is 24.9. The minimum atomic E-state index is -2.58. The van der Waals surface area contributed by atoms with Crippen LogP contribution in [0.15, 0.2) is 27.4 Å². The molecule has 0 spiro atoms. The molecule has 24 heavy (non-hydrogen) atoms. The third kappa shape index (κ3) is 2.50. The summed E-state index contributed by atoms with van der Waals surface area (Å²) in [5, 5.41) is 0. The van der Waals surface area contributed by atoms with Crippen LogP contribution in [0.4, 0.5) is 8.78 Å². The van der Waals surface area contributed by atoms with E-state index >= 15 is 0 Å². The lowest BCUT2D eigenvalue weighted by Crippen LogP contribution is -2.52. The molecule has 2 aliphatic rings. The van der Waals surface area contributed by atoms with Crippen LogP contribution < -0.4 is 11.5 Å². The van der Waals surface area contributed by atoms with E-state index in [-0.39, 0.29) is 31.3 Å². The van der Waals surface area contributed by atoms with E-state index < -0.39 is 17.6 Å². The molecule has 0 atom stereocenters. The Morgan fingerprint density at radius 2 is 2.04 bits per heavy atom. The van der Waals surface area contributed by atoms with E-state index in [4.69, 9.17) is 10.2 Å². The van der Waals surface area contributed by atoms with E-state index in [1.807, 2.05) is 4.90 Å². The number of nitrogens with two attached hydrogens (primary N) is 1.